The Hall–Kier alpha value is -4.06. The van der Waals surface area contributed by atoms with Gasteiger partial charge in [0.25, 0.3) is 11.8 Å². The summed E-state index contributed by atoms with van der Waals surface area (Å²) in [5, 5.41) is 28.4. The van der Waals surface area contributed by atoms with Crippen LogP contribution in [-0.4, -0.2) is 61.0 Å². The number of amides is 2. The van der Waals surface area contributed by atoms with Crippen molar-refractivity contribution in [2.24, 2.45) is 12.8 Å². The number of hydrogen-bond donors (Lipinski definition) is 4. The SMILES string of the molecule is Cn1cc(Nc2nc(N3CCCC(NC(=O)c4ccc(C(C)(C)O)cc4)C3)nnc2C(N)=O)cn1. The molecule has 1 fully saturated rings. The molecular formula is C23H29N9O3. The zero-order valence-electron chi connectivity index (χ0n) is 19.9. The lowest BCUT2D eigenvalue weighted by atomic mass is 9.97. The van der Waals surface area contributed by atoms with Crippen LogP contribution in [0.1, 0.15) is 53.1 Å². The first-order valence-corrected chi connectivity index (χ1v) is 11.3. The third kappa shape index (κ3) is 5.72. The van der Waals surface area contributed by atoms with Gasteiger partial charge < -0.3 is 26.4 Å². The van der Waals surface area contributed by atoms with Crippen molar-refractivity contribution in [2.45, 2.75) is 38.3 Å². The Morgan fingerprint density at radius 1 is 1.20 bits per heavy atom. The van der Waals surface area contributed by atoms with Crippen LogP contribution in [0.5, 0.6) is 0 Å². The fourth-order valence-corrected chi connectivity index (χ4v) is 3.90. The monoisotopic (exact) mass is 479 g/mol. The summed E-state index contributed by atoms with van der Waals surface area (Å²) in [6.45, 7) is 4.56. The van der Waals surface area contributed by atoms with Gasteiger partial charge in [0.05, 0.1) is 17.5 Å². The Balaban J connectivity index is 1.47. The Kier molecular flexibility index (Phi) is 6.65. The second-order valence-electron chi connectivity index (χ2n) is 9.10. The summed E-state index contributed by atoms with van der Waals surface area (Å²) in [7, 11) is 1.77. The molecule has 2 aromatic heterocycles. The van der Waals surface area contributed by atoms with Crippen molar-refractivity contribution in [3.05, 3.63) is 53.5 Å². The first-order valence-electron chi connectivity index (χ1n) is 11.3. The molecule has 12 heteroatoms. The summed E-state index contributed by atoms with van der Waals surface area (Å²) in [5.74, 6) is -0.424. The quantitative estimate of drug-likeness (QED) is 0.388. The van der Waals surface area contributed by atoms with Gasteiger partial charge in [0.2, 0.25) is 5.95 Å². The van der Waals surface area contributed by atoms with Crippen LogP contribution in [0, 0.1) is 0 Å². The van der Waals surface area contributed by atoms with Crippen molar-refractivity contribution in [1.29, 1.82) is 0 Å². The molecular weight excluding hydrogens is 450 g/mol. The minimum absolute atomic E-state index is 0.0750. The number of benzene rings is 1. The summed E-state index contributed by atoms with van der Waals surface area (Å²) < 4.78 is 1.61. The van der Waals surface area contributed by atoms with Crippen LogP contribution in [0.4, 0.5) is 17.5 Å². The number of nitrogens with one attached hydrogen (secondary N) is 2. The molecule has 184 valence electrons. The zero-order chi connectivity index (χ0) is 25.2. The molecule has 5 N–H and O–H groups in total. The van der Waals surface area contributed by atoms with Crippen LogP contribution in [0.15, 0.2) is 36.7 Å². The third-order valence-corrected chi connectivity index (χ3v) is 5.77. The summed E-state index contributed by atoms with van der Waals surface area (Å²) in [6.07, 6.45) is 4.94. The van der Waals surface area contributed by atoms with Crippen molar-refractivity contribution in [3.8, 4) is 0 Å². The Bertz CT molecular complexity index is 1220. The lowest BCUT2D eigenvalue weighted by Crippen LogP contribution is -2.48. The molecule has 0 aliphatic carbocycles. The van der Waals surface area contributed by atoms with Gasteiger partial charge in [0.1, 0.15) is 0 Å². The number of anilines is 3. The van der Waals surface area contributed by atoms with Crippen molar-refractivity contribution in [3.63, 3.8) is 0 Å². The van der Waals surface area contributed by atoms with Gasteiger partial charge in [-0.05, 0) is 44.4 Å². The van der Waals surface area contributed by atoms with Crippen molar-refractivity contribution in [2.75, 3.05) is 23.3 Å². The predicted octanol–water partition coefficient (Wildman–Crippen LogP) is 1.07. The highest BCUT2D eigenvalue weighted by molar-refractivity contribution is 5.96. The van der Waals surface area contributed by atoms with Crippen LogP contribution in [0.2, 0.25) is 0 Å². The van der Waals surface area contributed by atoms with Crippen molar-refractivity contribution >= 4 is 29.3 Å². The molecule has 0 saturated carbocycles. The second kappa shape index (κ2) is 9.66. The number of rotatable bonds is 7. The maximum atomic E-state index is 12.8. The second-order valence-corrected chi connectivity index (χ2v) is 9.10. The largest absolute Gasteiger partial charge is 0.386 e. The molecule has 0 bridgehead atoms. The number of aryl methyl sites for hydroxylation is 1. The topological polar surface area (TPSA) is 164 Å². The summed E-state index contributed by atoms with van der Waals surface area (Å²) >= 11 is 0. The first kappa shape index (κ1) is 24.1. The maximum absolute atomic E-state index is 12.8. The lowest BCUT2D eigenvalue weighted by Gasteiger charge is -2.33. The Morgan fingerprint density at radius 2 is 1.94 bits per heavy atom. The van der Waals surface area contributed by atoms with Gasteiger partial charge in [0.15, 0.2) is 11.5 Å². The molecule has 4 rings (SSSR count). The normalized spacial score (nSPS) is 16.1. The van der Waals surface area contributed by atoms with E-state index in [-0.39, 0.29) is 23.5 Å². The number of primary amides is 1. The number of carbonyl (C=O) groups is 2. The number of nitrogens with two attached hydrogens (primary N) is 1. The molecule has 1 aliphatic heterocycles. The standard InChI is InChI=1S/C23H29N9O3/c1-23(2,35)15-8-6-14(7-9-15)21(34)27-16-5-4-10-32(13-16)22-28-20(18(19(24)33)29-30-22)26-17-11-25-31(3)12-17/h6-9,11-12,16,35H,4-5,10,13H2,1-3H3,(H2,24,33)(H,27,34)(H,26,28,30). The van der Waals surface area contributed by atoms with E-state index in [1.54, 1.807) is 62.2 Å². The van der Waals surface area contributed by atoms with Gasteiger partial charge in [-0.2, -0.15) is 10.1 Å². The number of piperidine rings is 1. The molecule has 1 unspecified atom stereocenters. The molecule has 35 heavy (non-hydrogen) atoms. The van der Waals surface area contributed by atoms with E-state index in [2.05, 4.69) is 30.9 Å². The smallest absolute Gasteiger partial charge is 0.273 e. The van der Waals surface area contributed by atoms with E-state index in [1.165, 1.54) is 0 Å². The molecule has 0 spiro atoms. The van der Waals surface area contributed by atoms with Gasteiger partial charge in [-0.15, -0.1) is 10.2 Å². The Morgan fingerprint density at radius 3 is 2.57 bits per heavy atom. The van der Waals surface area contributed by atoms with Crippen LogP contribution >= 0.6 is 0 Å². The fourth-order valence-electron chi connectivity index (χ4n) is 3.90. The fraction of sp³-hybridized carbons (Fsp3) is 0.391. The van der Waals surface area contributed by atoms with Gasteiger partial charge in [-0.1, -0.05) is 12.1 Å². The lowest BCUT2D eigenvalue weighted by molar-refractivity contribution is 0.0783. The number of aromatic nitrogens is 5. The maximum Gasteiger partial charge on any atom is 0.273 e. The van der Waals surface area contributed by atoms with E-state index >= 15 is 0 Å². The number of carbonyl (C=O) groups excluding carboxylic acids is 2. The van der Waals surface area contributed by atoms with E-state index in [0.717, 1.165) is 18.4 Å². The molecule has 1 aliphatic rings. The average molecular weight is 480 g/mol. The molecule has 1 atom stereocenters. The number of hydrogen-bond acceptors (Lipinski definition) is 9. The molecule has 3 heterocycles. The van der Waals surface area contributed by atoms with Gasteiger partial charge in [-0.25, -0.2) is 0 Å². The van der Waals surface area contributed by atoms with Gasteiger partial charge in [-0.3, -0.25) is 14.3 Å². The van der Waals surface area contributed by atoms with Gasteiger partial charge >= 0.3 is 0 Å². The summed E-state index contributed by atoms with van der Waals surface area (Å²) in [4.78, 5) is 31.0. The highest BCUT2D eigenvalue weighted by Gasteiger charge is 2.26. The zero-order valence-corrected chi connectivity index (χ0v) is 19.9. The van der Waals surface area contributed by atoms with Crippen molar-refractivity contribution < 1.29 is 14.7 Å². The highest BCUT2D eigenvalue weighted by atomic mass is 16.3. The van der Waals surface area contributed by atoms with Crippen LogP contribution < -0.4 is 21.3 Å². The molecule has 0 radical (unpaired) electrons. The molecule has 1 aromatic carbocycles. The summed E-state index contributed by atoms with van der Waals surface area (Å²) in [6, 6.07) is 6.78. The Labute approximate surface area is 202 Å². The number of aliphatic hydroxyl groups is 1. The van der Waals surface area contributed by atoms with Crippen molar-refractivity contribution in [1.82, 2.24) is 30.3 Å². The molecule has 1 saturated heterocycles. The minimum Gasteiger partial charge on any atom is -0.386 e. The van der Waals surface area contributed by atoms with E-state index in [1.807, 2.05) is 4.90 Å². The average Bonchev–Trinajstić information content (AvgIpc) is 3.23. The number of nitrogens with zero attached hydrogens (tertiary/aromatic N) is 6. The van der Waals surface area contributed by atoms with E-state index in [0.29, 0.717) is 30.3 Å². The predicted molar refractivity (Wildman–Crippen MR) is 129 cm³/mol. The first-order chi connectivity index (χ1) is 16.6. The van der Waals surface area contributed by atoms with Crippen LogP contribution in [-0.2, 0) is 12.6 Å². The molecule has 3 aromatic rings. The van der Waals surface area contributed by atoms with Crippen LogP contribution in [0.3, 0.4) is 0 Å². The van der Waals surface area contributed by atoms with E-state index < -0.39 is 11.5 Å². The van der Waals surface area contributed by atoms with E-state index in [9.17, 15) is 14.7 Å². The molecule has 12 nitrogen and oxygen atoms in total. The van der Waals surface area contributed by atoms with Crippen LogP contribution in [0.25, 0.3) is 0 Å². The van der Waals surface area contributed by atoms with E-state index in [4.69, 9.17) is 5.73 Å². The minimum atomic E-state index is -0.971. The summed E-state index contributed by atoms with van der Waals surface area (Å²) in [5.41, 5.74) is 6.28. The third-order valence-electron chi connectivity index (χ3n) is 5.77. The van der Waals surface area contributed by atoms with Gasteiger partial charge in [0, 0.05) is 37.9 Å². The highest BCUT2D eigenvalue weighted by Crippen LogP contribution is 2.22. The molecule has 2 amide bonds.